The number of benzene rings is 1. The van der Waals surface area contributed by atoms with E-state index in [4.69, 9.17) is 16.3 Å². The minimum atomic E-state index is -0.614. The first-order valence-corrected chi connectivity index (χ1v) is 9.44. The van der Waals surface area contributed by atoms with Gasteiger partial charge in [0.1, 0.15) is 11.9 Å². The van der Waals surface area contributed by atoms with Crippen LogP contribution in [0, 0.1) is 11.7 Å². The molecule has 3 rings (SSSR count). The van der Waals surface area contributed by atoms with E-state index in [9.17, 15) is 14.0 Å². The van der Waals surface area contributed by atoms with Crippen LogP contribution < -0.4 is 10.6 Å². The van der Waals surface area contributed by atoms with Crippen LogP contribution in [0.1, 0.15) is 43.9 Å². The molecular formula is C19H22ClFN4O3. The first-order valence-electron chi connectivity index (χ1n) is 9.07. The van der Waals surface area contributed by atoms with Gasteiger partial charge in [-0.05, 0) is 25.0 Å². The summed E-state index contributed by atoms with van der Waals surface area (Å²) in [6, 6.07) is 6.14. The zero-order valence-electron chi connectivity index (χ0n) is 15.6. The fourth-order valence-corrected chi connectivity index (χ4v) is 3.08. The van der Waals surface area contributed by atoms with E-state index in [1.165, 1.54) is 12.1 Å². The van der Waals surface area contributed by atoms with E-state index in [0.29, 0.717) is 18.7 Å². The molecule has 1 heterocycles. The highest BCUT2D eigenvalue weighted by molar-refractivity contribution is 6.31. The normalized spacial score (nSPS) is 18.5. The number of aromatic nitrogens is 2. The Morgan fingerprint density at radius 2 is 2.14 bits per heavy atom. The molecular weight excluding hydrogens is 387 g/mol. The second-order valence-corrected chi connectivity index (χ2v) is 7.51. The van der Waals surface area contributed by atoms with E-state index in [1.807, 2.05) is 13.8 Å². The van der Waals surface area contributed by atoms with E-state index in [2.05, 4.69) is 20.8 Å². The summed E-state index contributed by atoms with van der Waals surface area (Å²) in [6.07, 6.45) is 0.455. The van der Waals surface area contributed by atoms with Gasteiger partial charge in [0.15, 0.2) is 5.82 Å². The van der Waals surface area contributed by atoms with E-state index in [1.54, 1.807) is 12.1 Å². The van der Waals surface area contributed by atoms with Gasteiger partial charge in [-0.1, -0.05) is 31.5 Å². The van der Waals surface area contributed by atoms with E-state index in [0.717, 1.165) is 5.69 Å². The number of rotatable bonds is 6. The first kappa shape index (κ1) is 20.1. The smallest absolute Gasteiger partial charge is 0.407 e. The molecule has 28 heavy (non-hydrogen) atoms. The monoisotopic (exact) mass is 408 g/mol. The summed E-state index contributed by atoms with van der Waals surface area (Å²) in [4.78, 5) is 23.6. The molecule has 9 heteroatoms. The first-order chi connectivity index (χ1) is 13.3. The molecule has 0 unspecified atom stereocenters. The molecule has 0 saturated heterocycles. The van der Waals surface area contributed by atoms with Gasteiger partial charge in [0.25, 0.3) is 0 Å². The van der Waals surface area contributed by atoms with Crippen LogP contribution in [-0.2, 0) is 16.1 Å². The summed E-state index contributed by atoms with van der Waals surface area (Å²) in [6.45, 7) is 3.57. The molecule has 0 aliphatic heterocycles. The number of ether oxygens (including phenoxy) is 1. The second kappa shape index (κ2) is 8.60. The van der Waals surface area contributed by atoms with Crippen molar-refractivity contribution in [2.45, 2.75) is 45.3 Å². The highest BCUT2D eigenvalue weighted by Crippen LogP contribution is 2.38. The van der Waals surface area contributed by atoms with Crippen LogP contribution in [0.5, 0.6) is 0 Å². The maximum absolute atomic E-state index is 13.7. The van der Waals surface area contributed by atoms with Gasteiger partial charge < -0.3 is 15.4 Å². The fourth-order valence-electron chi connectivity index (χ4n) is 2.85. The summed E-state index contributed by atoms with van der Waals surface area (Å²) in [5.74, 6) is -0.0383. The zero-order valence-corrected chi connectivity index (χ0v) is 16.3. The fraction of sp³-hybridized carbons (Fsp3) is 0.421. The molecule has 0 bridgehead atoms. The Hall–Kier alpha value is -2.61. The summed E-state index contributed by atoms with van der Waals surface area (Å²) >= 11 is 5.93. The third-order valence-corrected chi connectivity index (χ3v) is 5.01. The van der Waals surface area contributed by atoms with Crippen molar-refractivity contribution in [3.05, 3.63) is 46.4 Å². The highest BCUT2D eigenvalue weighted by atomic mass is 35.5. The number of anilines is 1. The summed E-state index contributed by atoms with van der Waals surface area (Å²) in [7, 11) is 0. The van der Waals surface area contributed by atoms with E-state index in [-0.39, 0.29) is 41.0 Å². The number of aromatic amines is 1. The van der Waals surface area contributed by atoms with Gasteiger partial charge in [0, 0.05) is 34.2 Å². The number of nitrogens with zero attached hydrogens (tertiary/aromatic N) is 1. The van der Waals surface area contributed by atoms with Gasteiger partial charge in [-0.2, -0.15) is 5.10 Å². The van der Waals surface area contributed by atoms with E-state index < -0.39 is 11.9 Å². The van der Waals surface area contributed by atoms with Crippen LogP contribution >= 0.6 is 11.6 Å². The Morgan fingerprint density at radius 3 is 2.82 bits per heavy atom. The van der Waals surface area contributed by atoms with Crippen molar-refractivity contribution < 1.29 is 18.7 Å². The van der Waals surface area contributed by atoms with E-state index >= 15 is 0 Å². The SMILES string of the molecule is CC(C)C(=O)Nc1cc([C@H]2C[C@@H](OC(=O)NCc3c(F)cccc3Cl)C2)[nH]n1. The van der Waals surface area contributed by atoms with Crippen molar-refractivity contribution in [3.8, 4) is 0 Å². The van der Waals surface area contributed by atoms with Crippen LogP contribution in [0.25, 0.3) is 0 Å². The highest BCUT2D eigenvalue weighted by Gasteiger charge is 2.34. The summed E-state index contributed by atoms with van der Waals surface area (Å²) in [5, 5.41) is 12.5. The molecule has 0 spiro atoms. The Balaban J connectivity index is 1.42. The lowest BCUT2D eigenvalue weighted by Crippen LogP contribution is -2.36. The lowest BCUT2D eigenvalue weighted by atomic mass is 9.80. The predicted octanol–water partition coefficient (Wildman–Crippen LogP) is 3.97. The number of carbonyl (C=O) groups excluding carboxylic acids is 2. The van der Waals surface area contributed by atoms with Gasteiger partial charge in [-0.25, -0.2) is 9.18 Å². The molecule has 7 nitrogen and oxygen atoms in total. The lowest BCUT2D eigenvalue weighted by molar-refractivity contribution is -0.118. The van der Waals surface area contributed by atoms with Crippen molar-refractivity contribution in [1.29, 1.82) is 0 Å². The van der Waals surface area contributed by atoms with Crippen molar-refractivity contribution in [1.82, 2.24) is 15.5 Å². The van der Waals surface area contributed by atoms with Crippen molar-refractivity contribution in [3.63, 3.8) is 0 Å². The van der Waals surface area contributed by atoms with Gasteiger partial charge in [-0.3, -0.25) is 9.89 Å². The number of amides is 2. The molecule has 150 valence electrons. The molecule has 1 saturated carbocycles. The molecule has 0 atom stereocenters. The van der Waals surface area contributed by atoms with Gasteiger partial charge in [-0.15, -0.1) is 0 Å². The Morgan fingerprint density at radius 1 is 1.39 bits per heavy atom. The Kier molecular flexibility index (Phi) is 6.18. The third-order valence-electron chi connectivity index (χ3n) is 4.65. The number of halogens is 2. The minimum absolute atomic E-state index is 0.0417. The van der Waals surface area contributed by atoms with Crippen molar-refractivity contribution in [2.75, 3.05) is 5.32 Å². The summed E-state index contributed by atoms with van der Waals surface area (Å²) in [5.41, 5.74) is 1.11. The average Bonchev–Trinajstić information content (AvgIpc) is 3.05. The number of nitrogens with one attached hydrogen (secondary N) is 3. The Labute approximate surface area is 167 Å². The molecule has 1 aliphatic carbocycles. The standard InChI is InChI=1S/C19H22ClFN4O3/c1-10(2)18(26)23-17-8-16(24-25-17)11-6-12(7-11)28-19(27)22-9-13-14(20)4-3-5-15(13)21/h3-5,8,10-12H,6-7,9H2,1-2H3,(H,22,27)(H2,23,24,25,26)/t11-,12+. The van der Waals surface area contributed by atoms with Crippen molar-refractivity contribution >= 4 is 29.4 Å². The van der Waals surface area contributed by atoms with Crippen molar-refractivity contribution in [2.24, 2.45) is 5.92 Å². The number of alkyl carbamates (subject to hydrolysis) is 1. The maximum atomic E-state index is 13.7. The minimum Gasteiger partial charge on any atom is -0.446 e. The third kappa shape index (κ3) is 4.81. The van der Waals surface area contributed by atoms with Crippen LogP contribution in [-0.4, -0.2) is 28.3 Å². The molecule has 1 aliphatic rings. The second-order valence-electron chi connectivity index (χ2n) is 7.10. The lowest BCUT2D eigenvalue weighted by Gasteiger charge is -2.33. The molecule has 3 N–H and O–H groups in total. The number of hydrogen-bond donors (Lipinski definition) is 3. The van der Waals surface area contributed by atoms with Crippen LogP contribution in [0.15, 0.2) is 24.3 Å². The number of H-pyrrole nitrogens is 1. The quantitative estimate of drug-likeness (QED) is 0.673. The van der Waals surface area contributed by atoms with Crippen LogP contribution in [0.4, 0.5) is 15.0 Å². The molecule has 1 aromatic heterocycles. The summed E-state index contributed by atoms with van der Waals surface area (Å²) < 4.78 is 19.0. The van der Waals surface area contributed by atoms with Gasteiger partial charge in [0.2, 0.25) is 5.91 Å². The van der Waals surface area contributed by atoms with Crippen LogP contribution in [0.2, 0.25) is 5.02 Å². The largest absolute Gasteiger partial charge is 0.446 e. The Bertz CT molecular complexity index is 844. The molecule has 2 amide bonds. The molecule has 1 fully saturated rings. The van der Waals surface area contributed by atoms with Crippen LogP contribution in [0.3, 0.4) is 0 Å². The number of hydrogen-bond acceptors (Lipinski definition) is 4. The topological polar surface area (TPSA) is 96.1 Å². The van der Waals surface area contributed by atoms with Gasteiger partial charge >= 0.3 is 6.09 Å². The van der Waals surface area contributed by atoms with Gasteiger partial charge in [0.05, 0.1) is 6.54 Å². The number of carbonyl (C=O) groups is 2. The average molecular weight is 409 g/mol. The maximum Gasteiger partial charge on any atom is 0.407 e. The molecule has 0 radical (unpaired) electrons. The molecule has 2 aromatic rings. The predicted molar refractivity (Wildman–Crippen MR) is 103 cm³/mol. The zero-order chi connectivity index (χ0) is 20.3. The molecule has 1 aromatic carbocycles.